The number of aliphatic hydroxyl groups excluding tert-OH is 1. The fourth-order valence-electron chi connectivity index (χ4n) is 1.81. The summed E-state index contributed by atoms with van der Waals surface area (Å²) in [5, 5.41) is 14.8. The number of para-hydroxylation sites is 1. The van der Waals surface area contributed by atoms with Crippen LogP contribution in [0.25, 0.3) is 0 Å². The molecule has 1 rings (SSSR count). The summed E-state index contributed by atoms with van der Waals surface area (Å²) in [5.41, 5.74) is 0.531. The SMILES string of the molecule is CC(CCCO)NC(=O)Nc1cccc(Cl)c1OC(C)C. The number of aliphatic hydroxyl groups is 1. The molecule has 0 aliphatic heterocycles. The number of hydrogen-bond acceptors (Lipinski definition) is 3. The molecule has 0 aliphatic carbocycles. The summed E-state index contributed by atoms with van der Waals surface area (Å²) >= 11 is 6.11. The topological polar surface area (TPSA) is 70.6 Å². The molecule has 21 heavy (non-hydrogen) atoms. The summed E-state index contributed by atoms with van der Waals surface area (Å²) in [4.78, 5) is 12.0. The van der Waals surface area contributed by atoms with E-state index in [-0.39, 0.29) is 24.8 Å². The first-order valence-corrected chi connectivity index (χ1v) is 7.45. The number of ether oxygens (including phenoxy) is 1. The van der Waals surface area contributed by atoms with Gasteiger partial charge in [-0.15, -0.1) is 0 Å². The summed E-state index contributed by atoms with van der Waals surface area (Å²) in [6.07, 6.45) is 1.33. The molecule has 0 saturated heterocycles. The lowest BCUT2D eigenvalue weighted by Crippen LogP contribution is -2.36. The molecule has 0 radical (unpaired) electrons. The van der Waals surface area contributed by atoms with Crippen molar-refractivity contribution >= 4 is 23.3 Å². The second-order valence-corrected chi connectivity index (χ2v) is 5.56. The molecule has 6 heteroatoms. The Labute approximate surface area is 130 Å². The molecule has 0 aromatic heterocycles. The molecule has 0 heterocycles. The Balaban J connectivity index is 2.69. The number of nitrogens with one attached hydrogen (secondary N) is 2. The van der Waals surface area contributed by atoms with Gasteiger partial charge >= 0.3 is 6.03 Å². The van der Waals surface area contributed by atoms with Crippen LogP contribution >= 0.6 is 11.6 Å². The van der Waals surface area contributed by atoms with Crippen LogP contribution in [0.1, 0.15) is 33.6 Å². The number of benzene rings is 1. The average Bonchev–Trinajstić information content (AvgIpc) is 2.40. The van der Waals surface area contributed by atoms with Crippen molar-refractivity contribution in [3.63, 3.8) is 0 Å². The molecule has 1 unspecified atom stereocenters. The summed E-state index contributed by atoms with van der Waals surface area (Å²) in [7, 11) is 0. The number of amides is 2. The quantitative estimate of drug-likeness (QED) is 0.722. The van der Waals surface area contributed by atoms with Crippen LogP contribution in [-0.4, -0.2) is 29.9 Å². The monoisotopic (exact) mass is 314 g/mol. The number of carbonyl (C=O) groups excluding carboxylic acids is 1. The van der Waals surface area contributed by atoms with Crippen LogP contribution < -0.4 is 15.4 Å². The molecule has 0 aliphatic rings. The van der Waals surface area contributed by atoms with Gasteiger partial charge in [0.15, 0.2) is 5.75 Å². The maximum Gasteiger partial charge on any atom is 0.319 e. The Morgan fingerprint density at radius 2 is 2.10 bits per heavy atom. The normalized spacial score (nSPS) is 12.1. The maximum atomic E-state index is 12.0. The maximum absolute atomic E-state index is 12.0. The fourth-order valence-corrected chi connectivity index (χ4v) is 2.03. The molecule has 3 N–H and O–H groups in total. The number of rotatable bonds is 7. The smallest absolute Gasteiger partial charge is 0.319 e. The lowest BCUT2D eigenvalue weighted by molar-refractivity contribution is 0.240. The molecular weight excluding hydrogens is 292 g/mol. The van der Waals surface area contributed by atoms with E-state index < -0.39 is 0 Å². The lowest BCUT2D eigenvalue weighted by atomic mass is 10.2. The van der Waals surface area contributed by atoms with E-state index in [1.54, 1.807) is 18.2 Å². The van der Waals surface area contributed by atoms with Crippen molar-refractivity contribution in [1.29, 1.82) is 0 Å². The number of urea groups is 1. The van der Waals surface area contributed by atoms with E-state index in [1.165, 1.54) is 0 Å². The van der Waals surface area contributed by atoms with Crippen molar-refractivity contribution in [3.8, 4) is 5.75 Å². The first-order chi connectivity index (χ1) is 9.93. The van der Waals surface area contributed by atoms with Crippen molar-refractivity contribution in [2.45, 2.75) is 45.8 Å². The van der Waals surface area contributed by atoms with E-state index in [9.17, 15) is 4.79 Å². The van der Waals surface area contributed by atoms with Crippen LogP contribution in [0, 0.1) is 0 Å². The summed E-state index contributed by atoms with van der Waals surface area (Å²) in [6, 6.07) is 4.86. The molecule has 0 spiro atoms. The zero-order valence-electron chi connectivity index (χ0n) is 12.6. The van der Waals surface area contributed by atoms with Crippen LogP contribution in [0.15, 0.2) is 18.2 Å². The first kappa shape index (κ1) is 17.6. The highest BCUT2D eigenvalue weighted by molar-refractivity contribution is 6.32. The highest BCUT2D eigenvalue weighted by Gasteiger charge is 2.13. The molecule has 2 amide bonds. The largest absolute Gasteiger partial charge is 0.487 e. The third-order valence-electron chi connectivity index (χ3n) is 2.74. The van der Waals surface area contributed by atoms with Gasteiger partial charge in [0.2, 0.25) is 0 Å². The van der Waals surface area contributed by atoms with E-state index in [2.05, 4.69) is 10.6 Å². The number of anilines is 1. The van der Waals surface area contributed by atoms with Crippen molar-refractivity contribution in [3.05, 3.63) is 23.2 Å². The molecular formula is C15H23ClN2O3. The second-order valence-electron chi connectivity index (χ2n) is 5.15. The minimum atomic E-state index is -0.323. The van der Waals surface area contributed by atoms with Crippen molar-refractivity contribution in [2.24, 2.45) is 0 Å². The second kappa shape index (κ2) is 8.74. The van der Waals surface area contributed by atoms with Gasteiger partial charge in [0.05, 0.1) is 16.8 Å². The Hall–Kier alpha value is -1.46. The van der Waals surface area contributed by atoms with Gasteiger partial charge in [-0.25, -0.2) is 4.79 Å². The van der Waals surface area contributed by atoms with Crippen molar-refractivity contribution < 1.29 is 14.6 Å². The van der Waals surface area contributed by atoms with Crippen LogP contribution in [-0.2, 0) is 0 Å². The van der Waals surface area contributed by atoms with Crippen LogP contribution in [0.5, 0.6) is 5.75 Å². The minimum absolute atomic E-state index is 0.0224. The lowest BCUT2D eigenvalue weighted by Gasteiger charge is -2.18. The third kappa shape index (κ3) is 6.23. The van der Waals surface area contributed by atoms with E-state index in [4.69, 9.17) is 21.4 Å². The highest BCUT2D eigenvalue weighted by Crippen LogP contribution is 2.33. The molecule has 118 valence electrons. The van der Waals surface area contributed by atoms with E-state index in [0.717, 1.165) is 6.42 Å². The van der Waals surface area contributed by atoms with E-state index in [1.807, 2.05) is 20.8 Å². The molecule has 0 fully saturated rings. The van der Waals surface area contributed by atoms with Gasteiger partial charge in [0.25, 0.3) is 0 Å². The number of carbonyl (C=O) groups is 1. The Bertz CT molecular complexity index is 466. The van der Waals surface area contributed by atoms with Crippen LogP contribution in [0.3, 0.4) is 0 Å². The zero-order chi connectivity index (χ0) is 15.8. The molecule has 1 aromatic carbocycles. The van der Waals surface area contributed by atoms with Crippen LogP contribution in [0.2, 0.25) is 5.02 Å². The van der Waals surface area contributed by atoms with E-state index >= 15 is 0 Å². The molecule has 5 nitrogen and oxygen atoms in total. The van der Waals surface area contributed by atoms with Gasteiger partial charge in [-0.3, -0.25) is 0 Å². The Kier molecular flexibility index (Phi) is 7.32. The highest BCUT2D eigenvalue weighted by atomic mass is 35.5. The number of halogens is 1. The van der Waals surface area contributed by atoms with E-state index in [0.29, 0.717) is 22.9 Å². The minimum Gasteiger partial charge on any atom is -0.487 e. The van der Waals surface area contributed by atoms with Crippen LogP contribution in [0.4, 0.5) is 10.5 Å². The van der Waals surface area contributed by atoms with Gasteiger partial charge in [-0.1, -0.05) is 17.7 Å². The van der Waals surface area contributed by atoms with Crippen molar-refractivity contribution in [2.75, 3.05) is 11.9 Å². The van der Waals surface area contributed by atoms with Gasteiger partial charge in [0, 0.05) is 12.6 Å². The molecule has 0 bridgehead atoms. The third-order valence-corrected chi connectivity index (χ3v) is 3.04. The Morgan fingerprint density at radius 1 is 1.38 bits per heavy atom. The predicted molar refractivity (Wildman–Crippen MR) is 85.2 cm³/mol. The summed E-state index contributed by atoms with van der Waals surface area (Å²) in [5.74, 6) is 0.465. The van der Waals surface area contributed by atoms with Gasteiger partial charge in [-0.2, -0.15) is 0 Å². The number of hydrogen-bond donors (Lipinski definition) is 3. The Morgan fingerprint density at radius 3 is 2.71 bits per heavy atom. The molecule has 0 saturated carbocycles. The standard InChI is InChI=1S/C15H23ClN2O3/c1-10(2)21-14-12(16)7-4-8-13(14)18-15(20)17-11(3)6-5-9-19/h4,7-8,10-11,19H,5-6,9H2,1-3H3,(H2,17,18,20). The van der Waals surface area contributed by atoms with Gasteiger partial charge in [-0.05, 0) is 45.7 Å². The summed E-state index contributed by atoms with van der Waals surface area (Å²) < 4.78 is 5.64. The molecule has 1 aromatic rings. The first-order valence-electron chi connectivity index (χ1n) is 7.07. The average molecular weight is 315 g/mol. The zero-order valence-corrected chi connectivity index (χ0v) is 13.4. The fraction of sp³-hybridized carbons (Fsp3) is 0.533. The summed E-state index contributed by atoms with van der Waals surface area (Å²) in [6.45, 7) is 5.79. The van der Waals surface area contributed by atoms with Crippen molar-refractivity contribution in [1.82, 2.24) is 5.32 Å². The van der Waals surface area contributed by atoms with Gasteiger partial charge in [0.1, 0.15) is 0 Å². The predicted octanol–water partition coefficient (Wildman–Crippen LogP) is 3.41. The molecule has 1 atom stereocenters. The van der Waals surface area contributed by atoms with Gasteiger partial charge < -0.3 is 20.5 Å².